The molecule has 5 heteroatoms. The van der Waals surface area contributed by atoms with Gasteiger partial charge in [0.1, 0.15) is 12.4 Å². The number of carbonyl (C=O) groups excluding carboxylic acids is 1. The van der Waals surface area contributed by atoms with Crippen LogP contribution in [0.15, 0.2) is 66.2 Å². The van der Waals surface area contributed by atoms with Crippen molar-refractivity contribution in [3.8, 4) is 5.75 Å². The summed E-state index contributed by atoms with van der Waals surface area (Å²) in [5.74, 6) is 1.25. The van der Waals surface area contributed by atoms with Crippen LogP contribution in [0.25, 0.3) is 0 Å². The van der Waals surface area contributed by atoms with Crippen molar-refractivity contribution in [2.75, 3.05) is 37.6 Å². The molecule has 2 aliphatic heterocycles. The molecule has 218 valence electrons. The Bertz CT molecular complexity index is 1080. The van der Waals surface area contributed by atoms with Crippen LogP contribution < -0.4 is 9.64 Å². The van der Waals surface area contributed by atoms with E-state index >= 15 is 0 Å². The maximum atomic E-state index is 13.7. The van der Waals surface area contributed by atoms with Gasteiger partial charge in [-0.2, -0.15) is 0 Å². The van der Waals surface area contributed by atoms with Crippen molar-refractivity contribution >= 4 is 11.6 Å². The first-order chi connectivity index (χ1) is 19.2. The summed E-state index contributed by atoms with van der Waals surface area (Å²) >= 11 is 0. The summed E-state index contributed by atoms with van der Waals surface area (Å²) in [4.78, 5) is 20.9. The van der Waals surface area contributed by atoms with Crippen molar-refractivity contribution in [1.29, 1.82) is 0 Å². The lowest BCUT2D eigenvalue weighted by Gasteiger charge is -2.43. The van der Waals surface area contributed by atoms with Gasteiger partial charge >= 0.3 is 0 Å². The third kappa shape index (κ3) is 8.86. The summed E-state index contributed by atoms with van der Waals surface area (Å²) in [7, 11) is 0. The predicted molar refractivity (Wildman–Crippen MR) is 167 cm³/mol. The maximum absolute atomic E-state index is 13.7. The highest BCUT2D eigenvalue weighted by Gasteiger charge is 2.35. The van der Waals surface area contributed by atoms with Gasteiger partial charge in [0.25, 0.3) is 0 Å². The number of anilines is 1. The van der Waals surface area contributed by atoms with Gasteiger partial charge in [0.2, 0.25) is 5.91 Å². The van der Waals surface area contributed by atoms with Crippen LogP contribution in [-0.2, 0) is 11.4 Å². The molecular weight excluding hydrogens is 494 g/mol. The molecule has 2 saturated heterocycles. The molecule has 0 saturated carbocycles. The zero-order valence-corrected chi connectivity index (χ0v) is 25.6. The molecule has 2 heterocycles. The van der Waals surface area contributed by atoms with Crippen molar-refractivity contribution < 1.29 is 9.53 Å². The van der Waals surface area contributed by atoms with Crippen molar-refractivity contribution in [3.05, 3.63) is 71.8 Å². The van der Waals surface area contributed by atoms with Crippen LogP contribution in [0.5, 0.6) is 5.75 Å². The number of allylic oxidation sites excluding steroid dienone is 1. The van der Waals surface area contributed by atoms with Crippen molar-refractivity contribution in [1.82, 2.24) is 9.80 Å². The molecule has 0 aromatic heterocycles. The molecular formula is C35H51N3O2. The quantitative estimate of drug-likeness (QED) is 0.293. The molecule has 0 radical (unpaired) electrons. The molecule has 4 rings (SSSR count). The fourth-order valence-electron chi connectivity index (χ4n) is 5.85. The molecule has 2 aromatic rings. The summed E-state index contributed by atoms with van der Waals surface area (Å²) in [6, 6.07) is 19.3. The number of hydrogen-bond acceptors (Lipinski definition) is 4. The SMILES string of the molecule is CC(C)=CCN(c1ccc(OCc2ccccc2)cc1)C1CCN(C(=O)C2CCCCN2CCC(C)(C)C)CC1. The van der Waals surface area contributed by atoms with Crippen LogP contribution >= 0.6 is 0 Å². The van der Waals surface area contributed by atoms with Gasteiger partial charge in [0, 0.05) is 31.4 Å². The average Bonchev–Trinajstić information content (AvgIpc) is 2.96. The molecule has 0 N–H and O–H groups in total. The number of likely N-dealkylation sites (tertiary alicyclic amines) is 2. The van der Waals surface area contributed by atoms with E-state index in [1.807, 2.05) is 18.2 Å². The van der Waals surface area contributed by atoms with Crippen LogP contribution in [0.2, 0.25) is 0 Å². The van der Waals surface area contributed by atoms with E-state index in [0.717, 1.165) is 64.2 Å². The topological polar surface area (TPSA) is 36.0 Å². The zero-order chi connectivity index (χ0) is 28.5. The third-order valence-corrected chi connectivity index (χ3v) is 8.38. The van der Waals surface area contributed by atoms with Crippen molar-refractivity contribution in [3.63, 3.8) is 0 Å². The minimum atomic E-state index is 0.0675. The first kappa shape index (κ1) is 30.2. The highest BCUT2D eigenvalue weighted by Crippen LogP contribution is 2.29. The van der Waals surface area contributed by atoms with E-state index in [9.17, 15) is 4.79 Å². The number of benzene rings is 2. The summed E-state index contributed by atoms with van der Waals surface area (Å²) < 4.78 is 6.03. The number of rotatable bonds is 10. The second kappa shape index (κ2) is 14.2. The molecule has 2 aromatic carbocycles. The Morgan fingerprint density at radius 2 is 1.65 bits per heavy atom. The minimum absolute atomic E-state index is 0.0675. The Kier molecular flexibility index (Phi) is 10.7. The largest absolute Gasteiger partial charge is 0.489 e. The van der Waals surface area contributed by atoms with E-state index in [4.69, 9.17) is 4.74 Å². The van der Waals surface area contributed by atoms with E-state index in [2.05, 4.69) is 91.8 Å². The highest BCUT2D eigenvalue weighted by molar-refractivity contribution is 5.82. The molecule has 1 unspecified atom stereocenters. The molecule has 0 spiro atoms. The van der Waals surface area contributed by atoms with Gasteiger partial charge in [-0.3, -0.25) is 9.69 Å². The fourth-order valence-corrected chi connectivity index (χ4v) is 5.85. The molecule has 5 nitrogen and oxygen atoms in total. The Labute approximate surface area is 243 Å². The van der Waals surface area contributed by atoms with E-state index in [1.165, 1.54) is 29.7 Å². The molecule has 2 aliphatic rings. The number of amides is 1. The normalized spacial score (nSPS) is 18.8. The van der Waals surface area contributed by atoms with Crippen molar-refractivity contribution in [2.45, 2.75) is 91.8 Å². The Balaban J connectivity index is 1.37. The Hall–Kier alpha value is -2.79. The monoisotopic (exact) mass is 545 g/mol. The van der Waals surface area contributed by atoms with Gasteiger partial charge in [0.05, 0.1) is 6.04 Å². The lowest BCUT2D eigenvalue weighted by Crippen LogP contribution is -2.54. The molecule has 0 bridgehead atoms. The first-order valence-electron chi connectivity index (χ1n) is 15.4. The van der Waals surface area contributed by atoms with Gasteiger partial charge in [0.15, 0.2) is 0 Å². The molecule has 0 aliphatic carbocycles. The zero-order valence-electron chi connectivity index (χ0n) is 25.6. The summed E-state index contributed by atoms with van der Waals surface area (Å²) in [5, 5.41) is 0. The third-order valence-electron chi connectivity index (χ3n) is 8.38. The van der Waals surface area contributed by atoms with E-state index in [1.54, 1.807) is 0 Å². The number of piperidine rings is 2. The standard InChI is InChI=1S/C35H51N3O2/c1-28(2)18-25-38(30-14-16-32(17-15-30)40-27-29-11-7-6-8-12-29)31-19-23-37(24-20-31)34(39)33-13-9-10-22-36(33)26-21-35(3,4)5/h6-8,11-12,14-18,31,33H,9-10,13,19-27H2,1-5H3. The van der Waals surface area contributed by atoms with Crippen LogP contribution in [-0.4, -0.2) is 60.5 Å². The summed E-state index contributed by atoms with van der Waals surface area (Å²) in [6.07, 6.45) is 8.84. The van der Waals surface area contributed by atoms with Gasteiger partial charge in [-0.05, 0) is 94.3 Å². The lowest BCUT2D eigenvalue weighted by molar-refractivity contribution is -0.139. The van der Waals surface area contributed by atoms with Crippen LogP contribution in [0.1, 0.15) is 78.7 Å². The van der Waals surface area contributed by atoms with Gasteiger partial charge in [-0.15, -0.1) is 0 Å². The first-order valence-corrected chi connectivity index (χ1v) is 15.4. The van der Waals surface area contributed by atoms with Gasteiger partial charge in [-0.1, -0.05) is 69.2 Å². The highest BCUT2D eigenvalue weighted by atomic mass is 16.5. The number of ether oxygens (including phenoxy) is 1. The lowest BCUT2D eigenvalue weighted by atomic mass is 9.90. The van der Waals surface area contributed by atoms with Crippen molar-refractivity contribution in [2.24, 2.45) is 5.41 Å². The van der Waals surface area contributed by atoms with E-state index in [0.29, 0.717) is 24.0 Å². The average molecular weight is 546 g/mol. The van der Waals surface area contributed by atoms with Gasteiger partial charge < -0.3 is 14.5 Å². The molecule has 1 amide bonds. The number of hydrogen-bond donors (Lipinski definition) is 0. The second-order valence-corrected chi connectivity index (χ2v) is 13.1. The smallest absolute Gasteiger partial charge is 0.239 e. The summed E-state index contributed by atoms with van der Waals surface area (Å²) in [5.41, 5.74) is 4.01. The van der Waals surface area contributed by atoms with E-state index < -0.39 is 0 Å². The molecule has 1 atom stereocenters. The Morgan fingerprint density at radius 1 is 0.950 bits per heavy atom. The molecule has 2 fully saturated rings. The number of carbonyl (C=O) groups is 1. The number of nitrogens with zero attached hydrogens (tertiary/aromatic N) is 3. The second-order valence-electron chi connectivity index (χ2n) is 13.1. The van der Waals surface area contributed by atoms with E-state index in [-0.39, 0.29) is 6.04 Å². The van der Waals surface area contributed by atoms with Crippen LogP contribution in [0.3, 0.4) is 0 Å². The fraction of sp³-hybridized carbons (Fsp3) is 0.571. The van der Waals surface area contributed by atoms with Crippen LogP contribution in [0.4, 0.5) is 5.69 Å². The molecule has 40 heavy (non-hydrogen) atoms. The van der Waals surface area contributed by atoms with Gasteiger partial charge in [-0.25, -0.2) is 0 Å². The van der Waals surface area contributed by atoms with Crippen LogP contribution in [0, 0.1) is 5.41 Å². The Morgan fingerprint density at radius 3 is 2.30 bits per heavy atom. The predicted octanol–water partition coefficient (Wildman–Crippen LogP) is 7.32. The minimum Gasteiger partial charge on any atom is -0.489 e. The summed E-state index contributed by atoms with van der Waals surface area (Å²) in [6.45, 7) is 16.4. The maximum Gasteiger partial charge on any atom is 0.239 e.